The Balaban J connectivity index is 1.40. The van der Waals surface area contributed by atoms with Crippen molar-refractivity contribution in [2.75, 3.05) is 38.3 Å². The van der Waals surface area contributed by atoms with Crippen LogP contribution in [-0.4, -0.2) is 55.7 Å². The van der Waals surface area contributed by atoms with Crippen LogP contribution in [0.1, 0.15) is 41.9 Å². The summed E-state index contributed by atoms with van der Waals surface area (Å²) in [5, 5.41) is 3.95. The molecular weight excluding hydrogens is 404 g/mol. The summed E-state index contributed by atoms with van der Waals surface area (Å²) in [6.45, 7) is 5.38. The minimum Gasteiger partial charge on any atom is -0.497 e. The summed E-state index contributed by atoms with van der Waals surface area (Å²) in [6, 6.07) is 8.71. The first-order chi connectivity index (χ1) is 14.5. The van der Waals surface area contributed by atoms with Gasteiger partial charge >= 0.3 is 0 Å². The molecule has 1 N–H and O–H groups in total. The number of carbonyl (C=O) groups is 1. The lowest BCUT2D eigenvalue weighted by Crippen LogP contribution is -2.51. The van der Waals surface area contributed by atoms with E-state index in [4.69, 9.17) is 21.1 Å². The second-order valence-corrected chi connectivity index (χ2v) is 8.46. The molecule has 0 bridgehead atoms. The maximum absolute atomic E-state index is 10.9. The third-order valence-corrected chi connectivity index (χ3v) is 6.70. The van der Waals surface area contributed by atoms with Crippen molar-refractivity contribution in [1.82, 2.24) is 15.3 Å². The Hall–Kier alpha value is -2.22. The van der Waals surface area contributed by atoms with Crippen LogP contribution in [0.4, 0.5) is 5.82 Å². The predicted molar refractivity (Wildman–Crippen MR) is 115 cm³/mol. The van der Waals surface area contributed by atoms with E-state index in [-0.39, 0.29) is 22.3 Å². The molecular formula is C22H27ClN4O3. The monoisotopic (exact) mass is 430 g/mol. The van der Waals surface area contributed by atoms with Crippen LogP contribution in [0, 0.1) is 5.41 Å². The van der Waals surface area contributed by atoms with E-state index in [9.17, 15) is 4.79 Å². The molecule has 2 aliphatic heterocycles. The molecule has 0 saturated carbocycles. The van der Waals surface area contributed by atoms with Crippen molar-refractivity contribution in [2.24, 2.45) is 5.41 Å². The fraction of sp³-hybridized carbons (Fsp3) is 0.500. The zero-order valence-electron chi connectivity index (χ0n) is 17.3. The van der Waals surface area contributed by atoms with Crippen molar-refractivity contribution >= 4 is 23.7 Å². The molecule has 0 radical (unpaired) electrons. The van der Waals surface area contributed by atoms with Gasteiger partial charge in [-0.15, -0.1) is 0 Å². The number of benzene rings is 1. The third-order valence-electron chi connectivity index (χ3n) is 6.42. The molecule has 3 heterocycles. The molecule has 2 saturated heterocycles. The van der Waals surface area contributed by atoms with E-state index < -0.39 is 0 Å². The van der Waals surface area contributed by atoms with Crippen LogP contribution in [-0.2, 0) is 4.74 Å². The van der Waals surface area contributed by atoms with Gasteiger partial charge in [-0.3, -0.25) is 4.79 Å². The lowest BCUT2D eigenvalue weighted by molar-refractivity contribution is 0.111. The average Bonchev–Trinajstić information content (AvgIpc) is 3.15. The first kappa shape index (κ1) is 21.0. The summed E-state index contributed by atoms with van der Waals surface area (Å²) in [4.78, 5) is 21.6. The van der Waals surface area contributed by atoms with E-state index in [0.29, 0.717) is 12.3 Å². The van der Waals surface area contributed by atoms with E-state index in [1.165, 1.54) is 5.56 Å². The molecule has 2 aromatic rings. The lowest BCUT2D eigenvalue weighted by Gasteiger charge is -2.43. The molecule has 1 aromatic heterocycles. The fourth-order valence-corrected chi connectivity index (χ4v) is 4.63. The Morgan fingerprint density at radius 1 is 1.33 bits per heavy atom. The second-order valence-electron chi connectivity index (χ2n) is 8.10. The van der Waals surface area contributed by atoms with Crippen LogP contribution < -0.4 is 15.0 Å². The van der Waals surface area contributed by atoms with Crippen molar-refractivity contribution in [3.05, 3.63) is 46.9 Å². The average molecular weight is 431 g/mol. The van der Waals surface area contributed by atoms with E-state index >= 15 is 0 Å². The highest BCUT2D eigenvalue weighted by molar-refractivity contribution is 6.31. The number of halogens is 1. The van der Waals surface area contributed by atoms with Crippen LogP contribution in [0.25, 0.3) is 0 Å². The zero-order chi connectivity index (χ0) is 21.1. The van der Waals surface area contributed by atoms with Gasteiger partial charge < -0.3 is 19.7 Å². The summed E-state index contributed by atoms with van der Waals surface area (Å²) in [6.07, 6.45) is 4.24. The Kier molecular flexibility index (Phi) is 6.22. The number of nitrogens with zero attached hydrogens (tertiary/aromatic N) is 3. The standard InChI is InChI=1S/C22H27ClN4O3/c1-15(16-3-5-17(29-2)6-4-16)25-19-13-30-14-22(19)7-9-27(10-8-22)20-11-24-18(12-28)21(23)26-20/h3-6,11-12,15,19,25H,7-10,13-14H2,1-2H3/t15?,19-/m1/s1. The van der Waals surface area contributed by atoms with Gasteiger partial charge in [0, 0.05) is 30.6 Å². The molecule has 30 heavy (non-hydrogen) atoms. The highest BCUT2D eigenvalue weighted by Gasteiger charge is 2.46. The largest absolute Gasteiger partial charge is 0.497 e. The SMILES string of the molecule is COc1ccc(C(C)N[C@@H]2COCC23CCN(c2cnc(C=O)c(Cl)n2)CC3)cc1. The van der Waals surface area contributed by atoms with Crippen LogP contribution >= 0.6 is 11.6 Å². The number of methoxy groups -OCH3 is 1. The molecule has 0 aliphatic carbocycles. The molecule has 7 nitrogen and oxygen atoms in total. The number of carbonyl (C=O) groups excluding carboxylic acids is 1. The highest BCUT2D eigenvalue weighted by atomic mass is 35.5. The van der Waals surface area contributed by atoms with Crippen LogP contribution in [0.3, 0.4) is 0 Å². The molecule has 1 unspecified atom stereocenters. The number of aromatic nitrogens is 2. The molecule has 1 aromatic carbocycles. The maximum atomic E-state index is 10.9. The maximum Gasteiger partial charge on any atom is 0.171 e. The van der Waals surface area contributed by atoms with Crippen molar-refractivity contribution in [3.8, 4) is 5.75 Å². The summed E-state index contributed by atoms with van der Waals surface area (Å²) in [7, 11) is 1.68. The Morgan fingerprint density at radius 3 is 2.70 bits per heavy atom. The molecule has 160 valence electrons. The van der Waals surface area contributed by atoms with Gasteiger partial charge in [-0.1, -0.05) is 23.7 Å². The van der Waals surface area contributed by atoms with Crippen LogP contribution in [0.15, 0.2) is 30.5 Å². The third kappa shape index (κ3) is 4.15. The van der Waals surface area contributed by atoms with Gasteiger partial charge in [0.05, 0.1) is 26.5 Å². The van der Waals surface area contributed by atoms with Crippen molar-refractivity contribution in [2.45, 2.75) is 31.8 Å². The van der Waals surface area contributed by atoms with Gasteiger partial charge in [-0.25, -0.2) is 9.97 Å². The normalized spacial score (nSPS) is 21.6. The lowest BCUT2D eigenvalue weighted by atomic mass is 9.74. The number of aldehydes is 1. The summed E-state index contributed by atoms with van der Waals surface area (Å²) in [5.41, 5.74) is 1.52. The number of rotatable bonds is 6. The first-order valence-corrected chi connectivity index (χ1v) is 10.6. The zero-order valence-corrected chi connectivity index (χ0v) is 18.1. The number of anilines is 1. The van der Waals surface area contributed by atoms with Gasteiger partial charge in [0.2, 0.25) is 0 Å². The van der Waals surface area contributed by atoms with Gasteiger partial charge in [0.25, 0.3) is 0 Å². The number of hydrogen-bond donors (Lipinski definition) is 1. The van der Waals surface area contributed by atoms with E-state index in [1.807, 2.05) is 12.1 Å². The van der Waals surface area contributed by atoms with Crippen molar-refractivity contribution < 1.29 is 14.3 Å². The quantitative estimate of drug-likeness (QED) is 0.704. The van der Waals surface area contributed by atoms with Crippen molar-refractivity contribution in [3.63, 3.8) is 0 Å². The number of ether oxygens (including phenoxy) is 2. The number of piperidine rings is 1. The predicted octanol–water partition coefficient (Wildman–Crippen LogP) is 3.29. The van der Waals surface area contributed by atoms with Gasteiger partial charge in [0.15, 0.2) is 11.4 Å². The molecule has 4 rings (SSSR count). The second kappa shape index (κ2) is 8.88. The Bertz CT molecular complexity index is 884. The topological polar surface area (TPSA) is 76.6 Å². The van der Waals surface area contributed by atoms with E-state index in [2.05, 4.69) is 39.2 Å². The van der Waals surface area contributed by atoms with E-state index in [0.717, 1.165) is 50.7 Å². The smallest absolute Gasteiger partial charge is 0.171 e. The van der Waals surface area contributed by atoms with Crippen LogP contribution in [0.5, 0.6) is 5.75 Å². The molecule has 2 aliphatic rings. The summed E-state index contributed by atoms with van der Waals surface area (Å²) >= 11 is 6.06. The molecule has 8 heteroatoms. The van der Waals surface area contributed by atoms with Crippen LogP contribution in [0.2, 0.25) is 5.15 Å². The van der Waals surface area contributed by atoms with E-state index in [1.54, 1.807) is 13.3 Å². The number of hydrogen-bond acceptors (Lipinski definition) is 7. The molecule has 0 amide bonds. The van der Waals surface area contributed by atoms with Gasteiger partial charge in [0.1, 0.15) is 17.3 Å². The number of nitrogens with one attached hydrogen (secondary N) is 1. The molecule has 1 spiro atoms. The van der Waals surface area contributed by atoms with Gasteiger partial charge in [-0.2, -0.15) is 0 Å². The minimum absolute atomic E-state index is 0.108. The Labute approximate surface area is 181 Å². The highest BCUT2D eigenvalue weighted by Crippen LogP contribution is 2.41. The van der Waals surface area contributed by atoms with Crippen molar-refractivity contribution in [1.29, 1.82) is 0 Å². The minimum atomic E-state index is 0.108. The summed E-state index contributed by atoms with van der Waals surface area (Å²) < 4.78 is 11.2. The molecule has 2 fully saturated rings. The first-order valence-electron chi connectivity index (χ1n) is 10.2. The molecule has 2 atom stereocenters. The van der Waals surface area contributed by atoms with Gasteiger partial charge in [-0.05, 0) is 37.5 Å². The summed E-state index contributed by atoms with van der Waals surface area (Å²) in [5.74, 6) is 1.58. The Morgan fingerprint density at radius 2 is 2.07 bits per heavy atom. The fourth-order valence-electron chi connectivity index (χ4n) is 4.45.